The quantitative estimate of drug-likeness (QED) is 0.553. The van der Waals surface area contributed by atoms with Crippen molar-refractivity contribution in [2.24, 2.45) is 0 Å². The van der Waals surface area contributed by atoms with Crippen LogP contribution in [0.3, 0.4) is 0 Å². The molecular weight excluding hydrogens is 347 g/mol. The van der Waals surface area contributed by atoms with Gasteiger partial charge in [0.15, 0.2) is 0 Å². The molecule has 0 saturated carbocycles. The first-order chi connectivity index (χ1) is 12.3. The number of hydrogen-bond donors (Lipinski definition) is 3. The monoisotopic (exact) mass is 370 g/mol. The fraction of sp³-hybridized carbons (Fsp3) is 0.143. The summed E-state index contributed by atoms with van der Waals surface area (Å²) in [7, 11) is -4.64. The number of hydrogen-bond acceptors (Lipinski definition) is 1. The predicted molar refractivity (Wildman–Crippen MR) is 106 cm³/mol. The van der Waals surface area contributed by atoms with Crippen molar-refractivity contribution in [2.75, 3.05) is 0 Å². The van der Waals surface area contributed by atoms with Crippen LogP contribution < -0.4 is 0 Å². The fourth-order valence-electron chi connectivity index (χ4n) is 2.84. The van der Waals surface area contributed by atoms with Gasteiger partial charge in [0.05, 0.1) is 0 Å². The molecule has 0 spiro atoms. The largest absolute Gasteiger partial charge is 0.466 e. The molecule has 0 heterocycles. The third kappa shape index (κ3) is 5.94. The van der Waals surface area contributed by atoms with E-state index < -0.39 is 7.82 Å². The molecule has 0 unspecified atom stereocenters. The Hall–Kier alpha value is -2.23. The summed E-state index contributed by atoms with van der Waals surface area (Å²) in [5.74, 6) is 0.504. The summed E-state index contributed by atoms with van der Waals surface area (Å²) >= 11 is 0. The van der Waals surface area contributed by atoms with Crippen molar-refractivity contribution in [1.29, 1.82) is 0 Å². The lowest BCUT2D eigenvalue weighted by atomic mass is 9.86. The van der Waals surface area contributed by atoms with Gasteiger partial charge in [0.2, 0.25) is 0 Å². The van der Waals surface area contributed by atoms with Crippen molar-refractivity contribution in [3.8, 4) is 22.3 Å². The standard InChI is InChI=1S/C21H20.H3O4P/c1-16(2)19-14-9-15-20(17-10-5-3-6-11-17)21(19)18-12-7-4-8-13-18;1-5(2,3)4/h3-16H,1-2H3;(H3,1,2,3,4). The van der Waals surface area contributed by atoms with E-state index >= 15 is 0 Å². The summed E-state index contributed by atoms with van der Waals surface area (Å²) < 4.78 is 8.88. The van der Waals surface area contributed by atoms with Gasteiger partial charge in [-0.3, -0.25) is 0 Å². The van der Waals surface area contributed by atoms with Crippen molar-refractivity contribution in [3.05, 3.63) is 84.4 Å². The fourth-order valence-corrected chi connectivity index (χ4v) is 2.84. The van der Waals surface area contributed by atoms with E-state index in [1.54, 1.807) is 0 Å². The molecule has 26 heavy (non-hydrogen) atoms. The Labute approximate surface area is 154 Å². The van der Waals surface area contributed by atoms with Crippen LogP contribution in [0.25, 0.3) is 22.3 Å². The molecule has 0 aliphatic rings. The highest BCUT2D eigenvalue weighted by atomic mass is 31.2. The van der Waals surface area contributed by atoms with Crippen LogP contribution in [0.4, 0.5) is 0 Å². The van der Waals surface area contributed by atoms with Crippen molar-refractivity contribution < 1.29 is 19.2 Å². The summed E-state index contributed by atoms with van der Waals surface area (Å²) in [6, 6.07) is 28.0. The van der Waals surface area contributed by atoms with Crippen LogP contribution in [0.1, 0.15) is 25.3 Å². The zero-order chi connectivity index (χ0) is 19.2. The molecular formula is C21H23O4P. The Morgan fingerprint density at radius 2 is 1.15 bits per heavy atom. The molecule has 0 atom stereocenters. The zero-order valence-electron chi connectivity index (χ0n) is 14.8. The molecule has 0 saturated heterocycles. The van der Waals surface area contributed by atoms with Gasteiger partial charge in [0, 0.05) is 0 Å². The van der Waals surface area contributed by atoms with Crippen LogP contribution in [0.15, 0.2) is 78.9 Å². The van der Waals surface area contributed by atoms with E-state index in [0.29, 0.717) is 5.92 Å². The van der Waals surface area contributed by atoms with Crippen LogP contribution in [-0.2, 0) is 4.57 Å². The lowest BCUT2D eigenvalue weighted by Gasteiger charge is -2.18. The van der Waals surface area contributed by atoms with Crippen molar-refractivity contribution in [2.45, 2.75) is 19.8 Å². The van der Waals surface area contributed by atoms with Gasteiger partial charge in [-0.1, -0.05) is 92.7 Å². The third-order valence-electron chi connectivity index (χ3n) is 3.87. The first-order valence-corrected chi connectivity index (χ1v) is 9.86. The van der Waals surface area contributed by atoms with Gasteiger partial charge in [-0.15, -0.1) is 0 Å². The minimum atomic E-state index is -4.64. The Kier molecular flexibility index (Phi) is 6.90. The minimum Gasteiger partial charge on any atom is -0.303 e. The molecule has 0 bridgehead atoms. The first-order valence-electron chi connectivity index (χ1n) is 8.29. The van der Waals surface area contributed by atoms with Crippen molar-refractivity contribution in [3.63, 3.8) is 0 Å². The van der Waals surface area contributed by atoms with Crippen molar-refractivity contribution in [1.82, 2.24) is 0 Å². The molecule has 0 aromatic heterocycles. The van der Waals surface area contributed by atoms with E-state index in [2.05, 4.69) is 92.7 Å². The Balaban J connectivity index is 0.000000431. The van der Waals surface area contributed by atoms with Gasteiger partial charge >= 0.3 is 7.82 Å². The van der Waals surface area contributed by atoms with E-state index in [9.17, 15) is 0 Å². The van der Waals surface area contributed by atoms with Gasteiger partial charge in [-0.05, 0) is 33.7 Å². The Morgan fingerprint density at radius 1 is 0.692 bits per heavy atom. The summed E-state index contributed by atoms with van der Waals surface area (Å²) in [6.45, 7) is 4.52. The number of phosphoric acid groups is 1. The molecule has 3 aromatic rings. The molecule has 0 radical (unpaired) electrons. The van der Waals surface area contributed by atoms with E-state index in [4.69, 9.17) is 19.2 Å². The molecule has 4 nitrogen and oxygen atoms in total. The lowest BCUT2D eigenvalue weighted by Crippen LogP contribution is -1.95. The topological polar surface area (TPSA) is 77.8 Å². The highest BCUT2D eigenvalue weighted by Crippen LogP contribution is 2.37. The maximum Gasteiger partial charge on any atom is 0.466 e. The smallest absolute Gasteiger partial charge is 0.303 e. The normalized spacial score (nSPS) is 11.0. The molecule has 136 valence electrons. The molecule has 0 amide bonds. The van der Waals surface area contributed by atoms with E-state index in [0.717, 1.165) is 0 Å². The van der Waals surface area contributed by atoms with Gasteiger partial charge in [-0.2, -0.15) is 0 Å². The molecule has 0 aliphatic heterocycles. The Morgan fingerprint density at radius 3 is 1.62 bits per heavy atom. The summed E-state index contributed by atoms with van der Waals surface area (Å²) in [4.78, 5) is 21.6. The van der Waals surface area contributed by atoms with Crippen LogP contribution in [-0.4, -0.2) is 14.7 Å². The highest BCUT2D eigenvalue weighted by Gasteiger charge is 2.13. The number of rotatable bonds is 3. The van der Waals surface area contributed by atoms with E-state index in [1.165, 1.54) is 27.8 Å². The summed E-state index contributed by atoms with van der Waals surface area (Å²) in [6.07, 6.45) is 0. The van der Waals surface area contributed by atoms with Crippen molar-refractivity contribution >= 4 is 7.82 Å². The molecule has 3 N–H and O–H groups in total. The van der Waals surface area contributed by atoms with Gasteiger partial charge < -0.3 is 14.7 Å². The number of benzene rings is 3. The average Bonchev–Trinajstić information content (AvgIpc) is 2.61. The SMILES string of the molecule is CC(C)c1cccc(-c2ccccc2)c1-c1ccccc1.O=P(O)(O)O. The first kappa shape index (κ1) is 20.1. The molecule has 0 aliphatic carbocycles. The maximum atomic E-state index is 8.88. The van der Waals surface area contributed by atoms with Crippen LogP contribution in [0, 0.1) is 0 Å². The van der Waals surface area contributed by atoms with Gasteiger partial charge in [0.25, 0.3) is 0 Å². The molecule has 0 fully saturated rings. The second-order valence-corrected chi connectivity index (χ2v) is 7.20. The molecule has 5 heteroatoms. The van der Waals surface area contributed by atoms with Crippen LogP contribution in [0.2, 0.25) is 0 Å². The third-order valence-corrected chi connectivity index (χ3v) is 3.87. The lowest BCUT2D eigenvalue weighted by molar-refractivity contribution is 0.275. The molecule has 3 rings (SSSR count). The second-order valence-electron chi connectivity index (χ2n) is 6.17. The Bertz CT molecular complexity index is 863. The van der Waals surface area contributed by atoms with E-state index in [-0.39, 0.29) is 0 Å². The predicted octanol–water partition coefficient (Wildman–Crippen LogP) is 5.22. The maximum absolute atomic E-state index is 8.88. The summed E-state index contributed by atoms with van der Waals surface area (Å²) in [5, 5.41) is 0. The van der Waals surface area contributed by atoms with E-state index in [1.807, 2.05) is 0 Å². The van der Waals surface area contributed by atoms with Gasteiger partial charge in [0.1, 0.15) is 0 Å². The average molecular weight is 370 g/mol. The molecule has 3 aromatic carbocycles. The second kappa shape index (κ2) is 8.93. The summed E-state index contributed by atoms with van der Waals surface area (Å²) in [5.41, 5.74) is 6.65. The zero-order valence-corrected chi connectivity index (χ0v) is 15.7. The van der Waals surface area contributed by atoms with Crippen LogP contribution >= 0.6 is 7.82 Å². The minimum absolute atomic E-state index is 0.504. The van der Waals surface area contributed by atoms with Gasteiger partial charge in [-0.25, -0.2) is 4.57 Å². The van der Waals surface area contributed by atoms with Crippen LogP contribution in [0.5, 0.6) is 0 Å². The highest BCUT2D eigenvalue weighted by molar-refractivity contribution is 7.45.